The quantitative estimate of drug-likeness (QED) is 0.290. The molecular weight excluding hydrogens is 517 g/mol. The summed E-state index contributed by atoms with van der Waals surface area (Å²) in [6.45, 7) is 0. The second-order valence-corrected chi connectivity index (χ2v) is 11.9. The van der Waals surface area contributed by atoms with Crippen LogP contribution in [0.3, 0.4) is 0 Å². The lowest BCUT2D eigenvalue weighted by Crippen LogP contribution is -2.09. The van der Waals surface area contributed by atoms with Gasteiger partial charge in [-0.15, -0.1) is 0 Å². The monoisotopic (exact) mass is 533 g/mol. The molecular formula is C24H17Cl2NO5S2. The molecule has 10 heteroatoms. The Morgan fingerprint density at radius 1 is 0.588 bits per heavy atom. The Morgan fingerprint density at radius 3 is 1.41 bits per heavy atom. The molecule has 0 fully saturated rings. The van der Waals surface area contributed by atoms with Crippen molar-refractivity contribution in [3.05, 3.63) is 101 Å². The molecule has 0 aliphatic rings. The Morgan fingerprint density at radius 2 is 1.00 bits per heavy atom. The van der Waals surface area contributed by atoms with Gasteiger partial charge in [0.15, 0.2) is 5.75 Å². The molecule has 2 N–H and O–H groups in total. The van der Waals surface area contributed by atoms with Gasteiger partial charge < -0.3 is 10.4 Å². The first kappa shape index (κ1) is 24.1. The highest BCUT2D eigenvalue weighted by Crippen LogP contribution is 2.40. The lowest BCUT2D eigenvalue weighted by Gasteiger charge is -2.15. The lowest BCUT2D eigenvalue weighted by molar-refractivity contribution is 0.442. The van der Waals surface area contributed by atoms with Crippen LogP contribution in [-0.4, -0.2) is 21.9 Å². The van der Waals surface area contributed by atoms with Gasteiger partial charge in [0.1, 0.15) is 9.79 Å². The normalized spacial score (nSPS) is 11.8. The van der Waals surface area contributed by atoms with E-state index in [0.29, 0.717) is 15.7 Å². The van der Waals surface area contributed by atoms with Crippen molar-refractivity contribution < 1.29 is 21.9 Å². The number of aromatic hydroxyl groups is 1. The minimum absolute atomic E-state index is 0.154. The molecule has 0 saturated carbocycles. The number of nitrogens with one attached hydrogen (secondary N) is 1. The van der Waals surface area contributed by atoms with Crippen molar-refractivity contribution in [3.63, 3.8) is 0 Å². The number of phenolic OH excluding ortho intramolecular Hbond substituents is 1. The molecule has 0 amide bonds. The molecule has 0 aliphatic carbocycles. The van der Waals surface area contributed by atoms with Crippen molar-refractivity contribution in [2.45, 2.75) is 19.6 Å². The number of para-hydroxylation sites is 1. The molecule has 0 unspecified atom stereocenters. The van der Waals surface area contributed by atoms with E-state index in [4.69, 9.17) is 23.2 Å². The van der Waals surface area contributed by atoms with E-state index < -0.39 is 35.2 Å². The fourth-order valence-corrected chi connectivity index (χ4v) is 6.34. The minimum atomic E-state index is -4.31. The van der Waals surface area contributed by atoms with Crippen LogP contribution < -0.4 is 5.32 Å². The Hall–Kier alpha value is -3.04. The summed E-state index contributed by atoms with van der Waals surface area (Å²) in [6.07, 6.45) is 0. The van der Waals surface area contributed by atoms with E-state index >= 15 is 0 Å². The van der Waals surface area contributed by atoms with Gasteiger partial charge in [-0.25, -0.2) is 16.8 Å². The number of hydrogen-bond donors (Lipinski definition) is 2. The molecule has 0 radical (unpaired) electrons. The molecule has 6 nitrogen and oxygen atoms in total. The van der Waals surface area contributed by atoms with Crippen LogP contribution in [-0.2, 0) is 19.7 Å². The summed E-state index contributed by atoms with van der Waals surface area (Å²) in [7, 11) is -8.61. The van der Waals surface area contributed by atoms with E-state index in [1.165, 1.54) is 60.7 Å². The van der Waals surface area contributed by atoms with Gasteiger partial charge in [-0.1, -0.05) is 41.4 Å². The Balaban J connectivity index is 1.95. The highest BCUT2D eigenvalue weighted by Gasteiger charge is 2.30. The van der Waals surface area contributed by atoms with Crippen molar-refractivity contribution in [1.29, 1.82) is 0 Å². The van der Waals surface area contributed by atoms with Crippen molar-refractivity contribution in [2.75, 3.05) is 5.32 Å². The number of halogens is 2. The highest BCUT2D eigenvalue weighted by atomic mass is 35.5. The maximum Gasteiger partial charge on any atom is 0.210 e. The molecule has 0 aromatic heterocycles. The largest absolute Gasteiger partial charge is 0.505 e. The SMILES string of the molecule is O=S(=O)(c1ccc(Cl)cc1)c1cc(Nc2ccccc2)cc(S(=O)(=O)c2ccc(Cl)cc2)c1O. The Labute approximate surface area is 207 Å². The van der Waals surface area contributed by atoms with Crippen LogP contribution in [0.1, 0.15) is 0 Å². The molecule has 4 rings (SSSR count). The van der Waals surface area contributed by atoms with Gasteiger partial charge in [-0.3, -0.25) is 0 Å². The molecule has 174 valence electrons. The van der Waals surface area contributed by atoms with Crippen LogP contribution in [0.4, 0.5) is 11.4 Å². The van der Waals surface area contributed by atoms with E-state index in [0.717, 1.165) is 0 Å². The molecule has 4 aromatic rings. The van der Waals surface area contributed by atoms with Crippen LogP contribution in [0.5, 0.6) is 5.75 Å². The fourth-order valence-electron chi connectivity index (χ4n) is 3.23. The zero-order chi connectivity index (χ0) is 24.5. The maximum absolute atomic E-state index is 13.4. The summed E-state index contributed by atoms with van der Waals surface area (Å²) in [5.41, 5.74) is 0.752. The van der Waals surface area contributed by atoms with E-state index in [9.17, 15) is 21.9 Å². The van der Waals surface area contributed by atoms with Crippen LogP contribution >= 0.6 is 23.2 Å². The third-order valence-corrected chi connectivity index (χ3v) is 9.00. The molecule has 0 aliphatic heterocycles. The fraction of sp³-hybridized carbons (Fsp3) is 0. The summed E-state index contributed by atoms with van der Waals surface area (Å²) in [5, 5.41) is 14.6. The third-order valence-electron chi connectivity index (χ3n) is 4.93. The number of anilines is 2. The van der Waals surface area contributed by atoms with E-state index in [-0.39, 0.29) is 15.5 Å². The first-order valence-corrected chi connectivity index (χ1v) is 13.5. The average Bonchev–Trinajstić information content (AvgIpc) is 2.81. The zero-order valence-electron chi connectivity index (χ0n) is 17.3. The molecule has 4 aromatic carbocycles. The molecule has 0 atom stereocenters. The van der Waals surface area contributed by atoms with E-state index in [2.05, 4.69) is 5.32 Å². The summed E-state index contributed by atoms with van der Waals surface area (Å²) in [5.74, 6) is -0.886. The third kappa shape index (κ3) is 4.76. The number of rotatable bonds is 6. The first-order valence-electron chi connectivity index (χ1n) is 9.79. The molecule has 0 bridgehead atoms. The van der Waals surface area contributed by atoms with Gasteiger partial charge in [0.25, 0.3) is 0 Å². The van der Waals surface area contributed by atoms with Gasteiger partial charge in [0, 0.05) is 21.4 Å². The maximum atomic E-state index is 13.4. The van der Waals surface area contributed by atoms with E-state index in [1.807, 2.05) is 0 Å². The van der Waals surface area contributed by atoms with Crippen LogP contribution in [0.25, 0.3) is 0 Å². The standard InChI is InChI=1S/C24H17Cl2NO5S2/c25-16-6-10-20(11-7-16)33(29,30)22-14-19(27-18-4-2-1-3-5-18)15-23(24(22)28)34(31,32)21-12-8-17(26)9-13-21/h1-15,27-28H. The number of sulfone groups is 2. The van der Waals surface area contributed by atoms with Gasteiger partial charge >= 0.3 is 0 Å². The molecule has 34 heavy (non-hydrogen) atoms. The van der Waals surface area contributed by atoms with Crippen molar-refractivity contribution >= 4 is 54.3 Å². The molecule has 0 saturated heterocycles. The second kappa shape index (κ2) is 9.31. The average molecular weight is 534 g/mol. The second-order valence-electron chi connectivity index (χ2n) is 7.23. The number of hydrogen-bond acceptors (Lipinski definition) is 6. The minimum Gasteiger partial charge on any atom is -0.505 e. The Bertz CT molecular complexity index is 1460. The zero-order valence-corrected chi connectivity index (χ0v) is 20.5. The first-order chi connectivity index (χ1) is 16.1. The van der Waals surface area contributed by atoms with Gasteiger partial charge in [0.05, 0.1) is 9.79 Å². The highest BCUT2D eigenvalue weighted by molar-refractivity contribution is 7.92. The van der Waals surface area contributed by atoms with Crippen molar-refractivity contribution in [2.24, 2.45) is 0 Å². The smallest absolute Gasteiger partial charge is 0.210 e. The summed E-state index contributed by atoms with van der Waals surface area (Å²) >= 11 is 11.8. The summed E-state index contributed by atoms with van der Waals surface area (Å²) < 4.78 is 53.6. The summed E-state index contributed by atoms with van der Waals surface area (Å²) in [6, 6.07) is 21.8. The Kier molecular flexibility index (Phi) is 6.60. The summed E-state index contributed by atoms with van der Waals surface area (Å²) in [4.78, 5) is -1.44. The predicted molar refractivity (Wildman–Crippen MR) is 132 cm³/mol. The van der Waals surface area contributed by atoms with Crippen LogP contribution in [0.2, 0.25) is 10.0 Å². The van der Waals surface area contributed by atoms with Crippen molar-refractivity contribution in [3.8, 4) is 5.75 Å². The molecule has 0 heterocycles. The van der Waals surface area contributed by atoms with Crippen LogP contribution in [0, 0.1) is 0 Å². The number of benzene rings is 4. The lowest BCUT2D eigenvalue weighted by atomic mass is 10.2. The van der Waals surface area contributed by atoms with Crippen LogP contribution in [0.15, 0.2) is 111 Å². The topological polar surface area (TPSA) is 101 Å². The molecule has 0 spiro atoms. The number of phenols is 1. The predicted octanol–water partition coefficient (Wildman–Crippen LogP) is 6.11. The van der Waals surface area contributed by atoms with Gasteiger partial charge in [-0.05, 0) is 72.8 Å². The van der Waals surface area contributed by atoms with Gasteiger partial charge in [-0.2, -0.15) is 0 Å². The van der Waals surface area contributed by atoms with Gasteiger partial charge in [0.2, 0.25) is 19.7 Å². The van der Waals surface area contributed by atoms with E-state index in [1.54, 1.807) is 30.3 Å². The van der Waals surface area contributed by atoms with Crippen molar-refractivity contribution in [1.82, 2.24) is 0 Å².